The van der Waals surface area contributed by atoms with Gasteiger partial charge in [-0.1, -0.05) is 6.08 Å². The highest BCUT2D eigenvalue weighted by atomic mass is 16.5. The molecule has 5 heteroatoms. The molecule has 0 radical (unpaired) electrons. The molecule has 0 fully saturated rings. The van der Waals surface area contributed by atoms with E-state index in [4.69, 9.17) is 9.15 Å². The number of hydrogen-bond donors (Lipinski definition) is 1. The number of phenolic OH excluding ortho intramolecular Hbond substituents is 1. The number of unbranched alkanes of at least 4 members (excludes halogenated alkanes) is 2. The van der Waals surface area contributed by atoms with Gasteiger partial charge in [0.15, 0.2) is 0 Å². The standard InChI is InChI=1S/C16H16O5/c1-2-3-4-5-6-15(18)20-14-9-11-7-8-12(17)10-13(11)21-16(14)19/h2,7-10,17H,1,3-6H2. The topological polar surface area (TPSA) is 76.7 Å². The Morgan fingerprint density at radius 1 is 1.33 bits per heavy atom. The first-order valence-corrected chi connectivity index (χ1v) is 6.68. The van der Waals surface area contributed by atoms with Crippen molar-refractivity contribution in [3.8, 4) is 11.5 Å². The van der Waals surface area contributed by atoms with E-state index in [1.54, 1.807) is 12.1 Å². The molecule has 0 bridgehead atoms. The normalized spacial score (nSPS) is 10.5. The highest BCUT2D eigenvalue weighted by Crippen LogP contribution is 2.21. The van der Waals surface area contributed by atoms with E-state index in [0.29, 0.717) is 11.8 Å². The minimum atomic E-state index is -0.743. The average molecular weight is 288 g/mol. The lowest BCUT2D eigenvalue weighted by Crippen LogP contribution is -2.13. The van der Waals surface area contributed by atoms with E-state index in [1.165, 1.54) is 18.2 Å². The Hall–Kier alpha value is -2.56. The maximum absolute atomic E-state index is 11.7. The van der Waals surface area contributed by atoms with Gasteiger partial charge in [-0.3, -0.25) is 4.79 Å². The Kier molecular flexibility index (Phi) is 4.77. The van der Waals surface area contributed by atoms with Crippen LogP contribution in [0.3, 0.4) is 0 Å². The van der Waals surface area contributed by atoms with Crippen molar-refractivity contribution < 1.29 is 19.1 Å². The summed E-state index contributed by atoms with van der Waals surface area (Å²) in [6.07, 6.45) is 4.40. The number of fused-ring (bicyclic) bond motifs is 1. The zero-order valence-corrected chi connectivity index (χ0v) is 11.5. The monoisotopic (exact) mass is 288 g/mol. The molecule has 21 heavy (non-hydrogen) atoms. The maximum atomic E-state index is 11.7. The molecule has 1 aromatic carbocycles. The lowest BCUT2D eigenvalue weighted by molar-refractivity contribution is -0.134. The predicted octanol–water partition coefficient (Wildman–Crippen LogP) is 3.15. The summed E-state index contributed by atoms with van der Waals surface area (Å²) in [6.45, 7) is 3.60. The van der Waals surface area contributed by atoms with Crippen LogP contribution in [0.4, 0.5) is 0 Å². The maximum Gasteiger partial charge on any atom is 0.379 e. The Bertz CT molecular complexity index is 714. The number of hydrogen-bond acceptors (Lipinski definition) is 5. The summed E-state index contributed by atoms with van der Waals surface area (Å²) in [6, 6.07) is 5.80. The first-order chi connectivity index (χ1) is 10.1. The van der Waals surface area contributed by atoms with Crippen LogP contribution >= 0.6 is 0 Å². The van der Waals surface area contributed by atoms with Crippen LogP contribution in [0.25, 0.3) is 11.0 Å². The van der Waals surface area contributed by atoms with E-state index >= 15 is 0 Å². The van der Waals surface area contributed by atoms with Gasteiger partial charge in [0.25, 0.3) is 0 Å². The predicted molar refractivity (Wildman–Crippen MR) is 78.4 cm³/mol. The molecule has 2 rings (SSSR count). The molecule has 0 aliphatic carbocycles. The van der Waals surface area contributed by atoms with Crippen molar-refractivity contribution in [2.24, 2.45) is 0 Å². The average Bonchev–Trinajstić information content (AvgIpc) is 2.45. The SMILES string of the molecule is C=CCCCCC(=O)Oc1cc2ccc(O)cc2oc1=O. The number of rotatable bonds is 6. The number of allylic oxidation sites excluding steroid dienone is 1. The molecule has 2 aromatic rings. The van der Waals surface area contributed by atoms with Crippen molar-refractivity contribution in [2.45, 2.75) is 25.7 Å². The van der Waals surface area contributed by atoms with Crippen LogP contribution in [-0.4, -0.2) is 11.1 Å². The van der Waals surface area contributed by atoms with Crippen molar-refractivity contribution >= 4 is 16.9 Å². The smallest absolute Gasteiger partial charge is 0.379 e. The van der Waals surface area contributed by atoms with Gasteiger partial charge >= 0.3 is 11.6 Å². The quantitative estimate of drug-likeness (QED) is 0.382. The molecule has 0 aliphatic rings. The third kappa shape index (κ3) is 3.95. The van der Waals surface area contributed by atoms with Crippen LogP contribution in [0.2, 0.25) is 0 Å². The highest BCUT2D eigenvalue weighted by molar-refractivity contribution is 5.80. The van der Waals surface area contributed by atoms with E-state index in [0.717, 1.165) is 12.8 Å². The molecule has 1 N–H and O–H groups in total. The van der Waals surface area contributed by atoms with Crippen LogP contribution in [0.1, 0.15) is 25.7 Å². The number of carbonyl (C=O) groups is 1. The molecular formula is C16H16O5. The number of phenols is 1. The Labute approximate surface area is 121 Å². The van der Waals surface area contributed by atoms with Gasteiger partial charge in [-0.15, -0.1) is 6.58 Å². The van der Waals surface area contributed by atoms with E-state index in [2.05, 4.69) is 6.58 Å². The summed E-state index contributed by atoms with van der Waals surface area (Å²) in [5.74, 6) is -0.607. The largest absolute Gasteiger partial charge is 0.508 e. The molecule has 0 spiro atoms. The van der Waals surface area contributed by atoms with Gasteiger partial charge in [0.2, 0.25) is 5.75 Å². The summed E-state index contributed by atoms with van der Waals surface area (Å²) in [4.78, 5) is 23.4. The fourth-order valence-corrected chi connectivity index (χ4v) is 1.88. The van der Waals surface area contributed by atoms with Crippen molar-refractivity contribution in [2.75, 3.05) is 0 Å². The van der Waals surface area contributed by atoms with Gasteiger partial charge in [-0.25, -0.2) is 4.79 Å². The van der Waals surface area contributed by atoms with Crippen molar-refractivity contribution in [3.05, 3.63) is 47.3 Å². The van der Waals surface area contributed by atoms with E-state index in [9.17, 15) is 14.7 Å². The van der Waals surface area contributed by atoms with E-state index in [1.807, 2.05) is 0 Å². The van der Waals surface area contributed by atoms with E-state index in [-0.39, 0.29) is 23.5 Å². The number of carbonyl (C=O) groups excluding carboxylic acids is 1. The van der Waals surface area contributed by atoms with Gasteiger partial charge < -0.3 is 14.3 Å². The fraction of sp³-hybridized carbons (Fsp3) is 0.250. The molecule has 0 saturated carbocycles. The lowest BCUT2D eigenvalue weighted by Gasteiger charge is -2.04. The van der Waals surface area contributed by atoms with Gasteiger partial charge in [-0.2, -0.15) is 0 Å². The zero-order valence-electron chi connectivity index (χ0n) is 11.5. The Morgan fingerprint density at radius 2 is 2.14 bits per heavy atom. The summed E-state index contributed by atoms with van der Waals surface area (Å²) in [5.41, 5.74) is -0.502. The molecular weight excluding hydrogens is 272 g/mol. The Morgan fingerprint density at radius 3 is 2.90 bits per heavy atom. The lowest BCUT2D eigenvalue weighted by atomic mass is 10.2. The van der Waals surface area contributed by atoms with Crippen molar-refractivity contribution in [1.29, 1.82) is 0 Å². The summed E-state index contributed by atoms with van der Waals surface area (Å²) < 4.78 is 10.0. The number of benzene rings is 1. The van der Waals surface area contributed by atoms with Crippen molar-refractivity contribution in [1.82, 2.24) is 0 Å². The molecule has 0 saturated heterocycles. The molecule has 1 aromatic heterocycles. The van der Waals surface area contributed by atoms with Crippen LogP contribution < -0.4 is 10.4 Å². The number of ether oxygens (including phenoxy) is 1. The first kappa shape index (κ1) is 14.8. The summed E-state index contributed by atoms with van der Waals surface area (Å²) in [5, 5.41) is 9.89. The van der Waals surface area contributed by atoms with Crippen LogP contribution in [0, 0.1) is 0 Å². The van der Waals surface area contributed by atoms with Gasteiger partial charge in [0.05, 0.1) is 0 Å². The third-order valence-electron chi connectivity index (χ3n) is 2.95. The minimum absolute atomic E-state index is 0.00221. The van der Waals surface area contributed by atoms with Gasteiger partial charge in [0.1, 0.15) is 11.3 Å². The zero-order chi connectivity index (χ0) is 15.2. The molecule has 1 heterocycles. The highest BCUT2D eigenvalue weighted by Gasteiger charge is 2.11. The van der Waals surface area contributed by atoms with Crippen molar-refractivity contribution in [3.63, 3.8) is 0 Å². The van der Waals surface area contributed by atoms with Crippen LogP contribution in [0.5, 0.6) is 11.5 Å². The molecule has 5 nitrogen and oxygen atoms in total. The molecule has 0 aliphatic heterocycles. The molecule has 0 amide bonds. The van der Waals surface area contributed by atoms with Gasteiger partial charge in [0, 0.05) is 17.9 Å². The second kappa shape index (κ2) is 6.74. The molecule has 0 unspecified atom stereocenters. The second-order valence-electron chi connectivity index (χ2n) is 4.63. The van der Waals surface area contributed by atoms with Crippen LogP contribution in [-0.2, 0) is 4.79 Å². The fourth-order valence-electron chi connectivity index (χ4n) is 1.88. The number of aromatic hydroxyl groups is 1. The Balaban J connectivity index is 2.09. The third-order valence-corrected chi connectivity index (χ3v) is 2.95. The molecule has 0 atom stereocenters. The minimum Gasteiger partial charge on any atom is -0.508 e. The number of esters is 1. The van der Waals surface area contributed by atoms with Gasteiger partial charge in [-0.05, 0) is 37.5 Å². The second-order valence-corrected chi connectivity index (χ2v) is 4.63. The summed E-state index contributed by atoms with van der Waals surface area (Å²) >= 11 is 0. The summed E-state index contributed by atoms with van der Waals surface area (Å²) in [7, 11) is 0. The van der Waals surface area contributed by atoms with Crippen LogP contribution in [0.15, 0.2) is 46.1 Å². The van der Waals surface area contributed by atoms with E-state index < -0.39 is 11.6 Å². The first-order valence-electron chi connectivity index (χ1n) is 6.68. The molecule has 110 valence electrons.